The van der Waals surface area contributed by atoms with E-state index in [9.17, 15) is 13.2 Å². The van der Waals surface area contributed by atoms with Gasteiger partial charge in [0.2, 0.25) is 0 Å². The van der Waals surface area contributed by atoms with Gasteiger partial charge in [-0.05, 0) is 80.1 Å². The smallest absolute Gasteiger partial charge is 0.261 e. The van der Waals surface area contributed by atoms with Crippen LogP contribution < -0.4 is 19.5 Å². The first-order valence-corrected chi connectivity index (χ1v) is 12.6. The Morgan fingerprint density at radius 1 is 0.909 bits per heavy atom. The van der Waals surface area contributed by atoms with Gasteiger partial charge in [0.25, 0.3) is 15.9 Å². The van der Waals surface area contributed by atoms with E-state index in [1.165, 1.54) is 24.3 Å². The number of benzene rings is 3. The predicted octanol–water partition coefficient (Wildman–Crippen LogP) is 4.90. The van der Waals surface area contributed by atoms with E-state index in [2.05, 4.69) is 26.0 Å². The molecule has 7 nitrogen and oxygen atoms in total. The van der Waals surface area contributed by atoms with Crippen molar-refractivity contribution in [3.8, 4) is 11.5 Å². The highest BCUT2D eigenvalue weighted by Gasteiger charge is 2.15. The molecule has 3 rings (SSSR count). The summed E-state index contributed by atoms with van der Waals surface area (Å²) in [6.07, 6.45) is 0. The number of hydrogen-bond acceptors (Lipinski definition) is 5. The molecule has 0 heterocycles. The first-order valence-electron chi connectivity index (χ1n) is 10.3. The molecule has 0 bridgehead atoms. The van der Waals surface area contributed by atoms with Crippen molar-refractivity contribution in [2.75, 3.05) is 17.9 Å². The SMILES string of the molecule is CCOc1ccc(NS(=O)(=O)c2ccc(OCC(=O)NC(C)c3ccc(Br)cc3)cc2)cc1. The maximum Gasteiger partial charge on any atom is 0.261 e. The number of amides is 1. The van der Waals surface area contributed by atoms with Crippen LogP contribution in [0.4, 0.5) is 5.69 Å². The third kappa shape index (κ3) is 7.23. The summed E-state index contributed by atoms with van der Waals surface area (Å²) in [5.41, 5.74) is 1.40. The monoisotopic (exact) mass is 532 g/mol. The van der Waals surface area contributed by atoms with Crippen LogP contribution in [-0.2, 0) is 14.8 Å². The molecular weight excluding hydrogens is 508 g/mol. The van der Waals surface area contributed by atoms with Crippen LogP contribution in [0.15, 0.2) is 82.2 Å². The Kier molecular flexibility index (Phi) is 8.35. The molecule has 3 aromatic rings. The van der Waals surface area contributed by atoms with Gasteiger partial charge in [-0.25, -0.2) is 8.42 Å². The van der Waals surface area contributed by atoms with Crippen molar-refractivity contribution in [2.45, 2.75) is 24.8 Å². The van der Waals surface area contributed by atoms with E-state index in [1.54, 1.807) is 24.3 Å². The first kappa shape index (κ1) is 24.6. The van der Waals surface area contributed by atoms with Crippen molar-refractivity contribution >= 4 is 37.5 Å². The van der Waals surface area contributed by atoms with Crippen LogP contribution in [0.2, 0.25) is 0 Å². The molecule has 1 amide bonds. The molecule has 0 aliphatic carbocycles. The van der Waals surface area contributed by atoms with Gasteiger partial charge in [0, 0.05) is 10.2 Å². The Morgan fingerprint density at radius 2 is 1.48 bits per heavy atom. The highest BCUT2D eigenvalue weighted by molar-refractivity contribution is 9.10. The summed E-state index contributed by atoms with van der Waals surface area (Å²) in [6.45, 7) is 4.11. The minimum Gasteiger partial charge on any atom is -0.494 e. The van der Waals surface area contributed by atoms with E-state index < -0.39 is 10.0 Å². The molecule has 0 aromatic heterocycles. The topological polar surface area (TPSA) is 93.7 Å². The third-order valence-electron chi connectivity index (χ3n) is 4.67. The Morgan fingerprint density at radius 3 is 2.09 bits per heavy atom. The zero-order chi connectivity index (χ0) is 23.8. The van der Waals surface area contributed by atoms with Gasteiger partial charge in [0.15, 0.2) is 6.61 Å². The van der Waals surface area contributed by atoms with Gasteiger partial charge >= 0.3 is 0 Å². The Labute approximate surface area is 202 Å². The molecule has 0 saturated carbocycles. The molecule has 0 radical (unpaired) electrons. The third-order valence-corrected chi connectivity index (χ3v) is 6.59. The highest BCUT2D eigenvalue weighted by atomic mass is 79.9. The van der Waals surface area contributed by atoms with Crippen LogP contribution in [0.1, 0.15) is 25.5 Å². The molecule has 1 atom stereocenters. The molecule has 0 saturated heterocycles. The Hall–Kier alpha value is -3.04. The van der Waals surface area contributed by atoms with Crippen LogP contribution in [-0.4, -0.2) is 27.5 Å². The zero-order valence-corrected chi connectivity index (χ0v) is 20.6. The van der Waals surface area contributed by atoms with E-state index in [-0.39, 0.29) is 23.5 Å². The lowest BCUT2D eigenvalue weighted by Gasteiger charge is -2.15. The summed E-state index contributed by atoms with van der Waals surface area (Å²) in [4.78, 5) is 12.3. The van der Waals surface area contributed by atoms with Gasteiger partial charge in [0.05, 0.1) is 17.5 Å². The number of ether oxygens (including phenoxy) is 2. The number of hydrogen-bond donors (Lipinski definition) is 2. The lowest BCUT2D eigenvalue weighted by molar-refractivity contribution is -0.123. The lowest BCUT2D eigenvalue weighted by atomic mass is 10.1. The normalized spacial score (nSPS) is 12.0. The first-order chi connectivity index (χ1) is 15.8. The molecule has 0 fully saturated rings. The van der Waals surface area contributed by atoms with Crippen molar-refractivity contribution in [1.29, 1.82) is 0 Å². The van der Waals surface area contributed by atoms with Crippen molar-refractivity contribution in [2.24, 2.45) is 0 Å². The summed E-state index contributed by atoms with van der Waals surface area (Å²) in [6, 6.07) is 20.0. The van der Waals surface area contributed by atoms with E-state index in [0.29, 0.717) is 23.8 Å². The van der Waals surface area contributed by atoms with Crippen LogP contribution in [0, 0.1) is 0 Å². The second kappa shape index (κ2) is 11.2. The molecule has 9 heteroatoms. The molecule has 2 N–H and O–H groups in total. The van der Waals surface area contributed by atoms with Crippen molar-refractivity contribution < 1.29 is 22.7 Å². The van der Waals surface area contributed by atoms with Crippen molar-refractivity contribution in [3.05, 3.63) is 82.8 Å². The molecule has 3 aromatic carbocycles. The standard InChI is InChI=1S/C24H25BrN2O5S/c1-3-31-21-10-8-20(9-11-21)27-33(29,30)23-14-12-22(13-15-23)32-16-24(28)26-17(2)18-4-6-19(25)7-5-18/h4-15,17,27H,3,16H2,1-2H3,(H,26,28). The summed E-state index contributed by atoms with van der Waals surface area (Å²) in [5.74, 6) is 0.776. The average molecular weight is 533 g/mol. The maximum absolute atomic E-state index is 12.6. The van der Waals surface area contributed by atoms with Crippen molar-refractivity contribution in [1.82, 2.24) is 5.32 Å². The maximum atomic E-state index is 12.6. The van der Waals surface area contributed by atoms with Gasteiger partial charge in [-0.15, -0.1) is 0 Å². The Balaban J connectivity index is 1.53. The van der Waals surface area contributed by atoms with E-state index in [0.717, 1.165) is 10.0 Å². The summed E-state index contributed by atoms with van der Waals surface area (Å²) >= 11 is 3.38. The summed E-state index contributed by atoms with van der Waals surface area (Å²) in [5, 5.41) is 2.87. The second-order valence-electron chi connectivity index (χ2n) is 7.16. The fourth-order valence-corrected chi connectivity index (χ4v) is 4.30. The predicted molar refractivity (Wildman–Crippen MR) is 131 cm³/mol. The summed E-state index contributed by atoms with van der Waals surface area (Å²) < 4.78 is 39.6. The fourth-order valence-electron chi connectivity index (χ4n) is 2.98. The van der Waals surface area contributed by atoms with E-state index in [4.69, 9.17) is 9.47 Å². The number of rotatable bonds is 10. The van der Waals surface area contributed by atoms with E-state index >= 15 is 0 Å². The van der Waals surface area contributed by atoms with Crippen LogP contribution in [0.5, 0.6) is 11.5 Å². The molecule has 0 spiro atoms. The molecule has 0 aliphatic rings. The van der Waals surface area contributed by atoms with Crippen LogP contribution in [0.25, 0.3) is 0 Å². The number of halogens is 1. The summed E-state index contributed by atoms with van der Waals surface area (Å²) in [7, 11) is -3.77. The van der Waals surface area contributed by atoms with Gasteiger partial charge < -0.3 is 14.8 Å². The minimum absolute atomic E-state index is 0.0806. The van der Waals surface area contributed by atoms with Gasteiger partial charge in [0.1, 0.15) is 11.5 Å². The van der Waals surface area contributed by atoms with Gasteiger partial charge in [-0.3, -0.25) is 9.52 Å². The number of nitrogens with one attached hydrogen (secondary N) is 2. The number of anilines is 1. The number of sulfonamides is 1. The van der Waals surface area contributed by atoms with Gasteiger partial charge in [-0.2, -0.15) is 0 Å². The van der Waals surface area contributed by atoms with E-state index in [1.807, 2.05) is 38.1 Å². The van der Waals surface area contributed by atoms with Crippen LogP contribution >= 0.6 is 15.9 Å². The largest absolute Gasteiger partial charge is 0.494 e. The van der Waals surface area contributed by atoms with Crippen LogP contribution in [0.3, 0.4) is 0 Å². The minimum atomic E-state index is -3.77. The second-order valence-corrected chi connectivity index (χ2v) is 9.76. The molecule has 33 heavy (non-hydrogen) atoms. The zero-order valence-electron chi connectivity index (χ0n) is 18.2. The molecule has 1 unspecified atom stereocenters. The number of carbonyl (C=O) groups is 1. The quantitative estimate of drug-likeness (QED) is 0.387. The Bertz CT molecular complexity index is 1160. The average Bonchev–Trinajstić information content (AvgIpc) is 2.80. The lowest BCUT2D eigenvalue weighted by Crippen LogP contribution is -2.31. The number of carbonyl (C=O) groups excluding carboxylic acids is 1. The molecule has 174 valence electrons. The van der Waals surface area contributed by atoms with Crippen molar-refractivity contribution in [3.63, 3.8) is 0 Å². The van der Waals surface area contributed by atoms with Gasteiger partial charge in [-0.1, -0.05) is 28.1 Å². The molecular formula is C24H25BrN2O5S. The fraction of sp³-hybridized carbons (Fsp3) is 0.208. The highest BCUT2D eigenvalue weighted by Crippen LogP contribution is 2.22. The molecule has 0 aliphatic heterocycles.